The molecule has 1 aromatic rings. The molecule has 3 nitrogen and oxygen atoms in total. The van der Waals surface area contributed by atoms with Crippen molar-refractivity contribution in [3.05, 3.63) is 36.8 Å². The molecule has 0 heterocycles. The third-order valence-corrected chi connectivity index (χ3v) is 1.69. The highest BCUT2D eigenvalue weighted by Gasteiger charge is 2.03. The summed E-state index contributed by atoms with van der Waals surface area (Å²) in [6.45, 7) is 4.24. The molecule has 0 bridgehead atoms. The van der Waals surface area contributed by atoms with Gasteiger partial charge in [-0.1, -0.05) is 0 Å². The summed E-state index contributed by atoms with van der Waals surface area (Å²) in [7, 11) is 1.36. The molecule has 0 aliphatic carbocycles. The zero-order valence-corrected chi connectivity index (χ0v) is 8.16. The Balaban J connectivity index is 2.63. The second-order valence-electron chi connectivity index (χ2n) is 2.72. The Labute approximate surface area is 83.6 Å². The molecule has 0 aromatic heterocycles. The van der Waals surface area contributed by atoms with Crippen LogP contribution in [0.3, 0.4) is 0 Å². The minimum absolute atomic E-state index is 0.339. The number of esters is 1. The highest BCUT2D eigenvalue weighted by molar-refractivity contribution is 5.89. The monoisotopic (exact) mass is 193 g/mol. The van der Waals surface area contributed by atoms with E-state index in [9.17, 15) is 4.79 Å². The lowest BCUT2D eigenvalue weighted by molar-refractivity contribution is 0.0600. The standard InChI is InChI=1S/C11H13O3/c1-3-8-14-10-6-4-9(5-7-10)11(12)13-2/h4-7H,1,3,8H2,2H3. The molecule has 0 spiro atoms. The Morgan fingerprint density at radius 2 is 2.00 bits per heavy atom. The van der Waals surface area contributed by atoms with Gasteiger partial charge in [-0.2, -0.15) is 0 Å². The minimum atomic E-state index is -0.339. The van der Waals surface area contributed by atoms with Crippen LogP contribution in [-0.2, 0) is 4.74 Å². The van der Waals surface area contributed by atoms with E-state index >= 15 is 0 Å². The fourth-order valence-electron chi connectivity index (χ4n) is 0.995. The van der Waals surface area contributed by atoms with E-state index in [0.717, 1.165) is 12.2 Å². The number of hydrogen-bond acceptors (Lipinski definition) is 3. The zero-order valence-electron chi connectivity index (χ0n) is 8.16. The molecule has 0 N–H and O–H groups in total. The second-order valence-corrected chi connectivity index (χ2v) is 2.72. The van der Waals surface area contributed by atoms with Gasteiger partial charge in [0.15, 0.2) is 0 Å². The van der Waals surface area contributed by atoms with Gasteiger partial charge in [0, 0.05) is 0 Å². The number of benzene rings is 1. The van der Waals surface area contributed by atoms with Crippen LogP contribution in [0.25, 0.3) is 0 Å². The molecule has 0 saturated heterocycles. The van der Waals surface area contributed by atoms with Crippen molar-refractivity contribution < 1.29 is 14.3 Å². The number of rotatable bonds is 4. The molecule has 0 aliphatic rings. The van der Waals surface area contributed by atoms with E-state index in [0.29, 0.717) is 12.2 Å². The van der Waals surface area contributed by atoms with Crippen LogP contribution in [0.15, 0.2) is 24.3 Å². The summed E-state index contributed by atoms with van der Waals surface area (Å²) in [6, 6.07) is 6.82. The van der Waals surface area contributed by atoms with Gasteiger partial charge in [-0.15, -0.1) is 0 Å². The van der Waals surface area contributed by atoms with Gasteiger partial charge in [-0.05, 0) is 37.6 Å². The first kappa shape index (κ1) is 10.6. The fraction of sp³-hybridized carbons (Fsp3) is 0.273. The lowest BCUT2D eigenvalue weighted by atomic mass is 10.2. The Morgan fingerprint density at radius 3 is 2.50 bits per heavy atom. The van der Waals surface area contributed by atoms with Crippen molar-refractivity contribution in [2.24, 2.45) is 0 Å². The average molecular weight is 193 g/mol. The first-order valence-electron chi connectivity index (χ1n) is 4.38. The van der Waals surface area contributed by atoms with Crippen molar-refractivity contribution in [1.82, 2.24) is 0 Å². The van der Waals surface area contributed by atoms with Crippen LogP contribution in [0, 0.1) is 6.92 Å². The molecule has 0 saturated carbocycles. The molecule has 0 aliphatic heterocycles. The van der Waals surface area contributed by atoms with Crippen molar-refractivity contribution in [3.63, 3.8) is 0 Å². The third-order valence-electron chi connectivity index (χ3n) is 1.69. The normalized spacial score (nSPS) is 9.57. The molecule has 1 radical (unpaired) electrons. The first-order valence-corrected chi connectivity index (χ1v) is 4.38. The maximum Gasteiger partial charge on any atom is 0.337 e. The lowest BCUT2D eigenvalue weighted by Crippen LogP contribution is -2.01. The third kappa shape index (κ3) is 2.76. The van der Waals surface area contributed by atoms with Crippen molar-refractivity contribution >= 4 is 5.97 Å². The summed E-state index contributed by atoms with van der Waals surface area (Å²) in [4.78, 5) is 11.1. The highest BCUT2D eigenvalue weighted by atomic mass is 16.5. The molecule has 0 atom stereocenters. The summed E-state index contributed by atoms with van der Waals surface area (Å²) in [5.41, 5.74) is 0.523. The summed E-state index contributed by atoms with van der Waals surface area (Å²) < 4.78 is 9.88. The van der Waals surface area contributed by atoms with E-state index in [4.69, 9.17) is 4.74 Å². The predicted octanol–water partition coefficient (Wildman–Crippen LogP) is 2.08. The first-order chi connectivity index (χ1) is 6.77. The van der Waals surface area contributed by atoms with Crippen LogP contribution in [-0.4, -0.2) is 19.7 Å². The fourth-order valence-corrected chi connectivity index (χ4v) is 0.995. The molecular formula is C11H13O3. The number of ether oxygens (including phenoxy) is 2. The van der Waals surface area contributed by atoms with Gasteiger partial charge < -0.3 is 9.47 Å². The van der Waals surface area contributed by atoms with E-state index in [2.05, 4.69) is 11.7 Å². The maximum atomic E-state index is 11.1. The molecule has 0 unspecified atom stereocenters. The van der Waals surface area contributed by atoms with Gasteiger partial charge in [-0.3, -0.25) is 0 Å². The van der Waals surface area contributed by atoms with Gasteiger partial charge in [0.1, 0.15) is 5.75 Å². The Kier molecular flexibility index (Phi) is 3.98. The Bertz CT molecular complexity index is 290. The lowest BCUT2D eigenvalue weighted by Gasteiger charge is -2.04. The van der Waals surface area contributed by atoms with Crippen LogP contribution < -0.4 is 4.74 Å². The molecule has 75 valence electrons. The number of carbonyl (C=O) groups excluding carboxylic acids is 1. The molecule has 3 heteroatoms. The largest absolute Gasteiger partial charge is 0.494 e. The van der Waals surface area contributed by atoms with Crippen LogP contribution in [0.4, 0.5) is 0 Å². The van der Waals surface area contributed by atoms with Gasteiger partial charge in [0.05, 0.1) is 19.3 Å². The molecular weight excluding hydrogens is 180 g/mol. The van der Waals surface area contributed by atoms with E-state index < -0.39 is 0 Å². The molecule has 0 amide bonds. The summed E-state index contributed by atoms with van der Waals surface area (Å²) in [5, 5.41) is 0. The van der Waals surface area contributed by atoms with E-state index in [1.54, 1.807) is 24.3 Å². The SMILES string of the molecule is [CH2]CCOc1ccc(C(=O)OC)cc1. The number of methoxy groups -OCH3 is 1. The highest BCUT2D eigenvalue weighted by Crippen LogP contribution is 2.12. The van der Waals surface area contributed by atoms with E-state index in [-0.39, 0.29) is 5.97 Å². The van der Waals surface area contributed by atoms with Crippen molar-refractivity contribution in [3.8, 4) is 5.75 Å². The van der Waals surface area contributed by atoms with Crippen LogP contribution in [0.2, 0.25) is 0 Å². The van der Waals surface area contributed by atoms with Crippen molar-refractivity contribution in [2.75, 3.05) is 13.7 Å². The van der Waals surface area contributed by atoms with Gasteiger partial charge >= 0.3 is 5.97 Å². The van der Waals surface area contributed by atoms with Crippen LogP contribution >= 0.6 is 0 Å². The molecule has 0 fully saturated rings. The Morgan fingerprint density at radius 1 is 1.36 bits per heavy atom. The average Bonchev–Trinajstić information content (AvgIpc) is 2.26. The summed E-state index contributed by atoms with van der Waals surface area (Å²) in [6.07, 6.45) is 0.721. The molecule has 14 heavy (non-hydrogen) atoms. The minimum Gasteiger partial charge on any atom is -0.494 e. The van der Waals surface area contributed by atoms with Crippen molar-refractivity contribution in [2.45, 2.75) is 6.42 Å². The number of hydrogen-bond donors (Lipinski definition) is 0. The zero-order chi connectivity index (χ0) is 10.4. The van der Waals surface area contributed by atoms with E-state index in [1.165, 1.54) is 7.11 Å². The topological polar surface area (TPSA) is 35.5 Å². The van der Waals surface area contributed by atoms with Gasteiger partial charge in [0.2, 0.25) is 0 Å². The van der Waals surface area contributed by atoms with Crippen LogP contribution in [0.5, 0.6) is 5.75 Å². The number of carbonyl (C=O) groups is 1. The van der Waals surface area contributed by atoms with E-state index in [1.807, 2.05) is 0 Å². The summed E-state index contributed by atoms with van der Waals surface area (Å²) >= 11 is 0. The van der Waals surface area contributed by atoms with Gasteiger partial charge in [-0.25, -0.2) is 4.79 Å². The second kappa shape index (κ2) is 5.27. The summed E-state index contributed by atoms with van der Waals surface area (Å²) in [5.74, 6) is 0.398. The van der Waals surface area contributed by atoms with Crippen LogP contribution in [0.1, 0.15) is 16.8 Å². The van der Waals surface area contributed by atoms with Crippen molar-refractivity contribution in [1.29, 1.82) is 0 Å². The molecule has 1 rings (SSSR count). The van der Waals surface area contributed by atoms with Gasteiger partial charge in [0.25, 0.3) is 0 Å². The quantitative estimate of drug-likeness (QED) is 0.687. The molecule has 1 aromatic carbocycles. The predicted molar refractivity (Wildman–Crippen MR) is 53.3 cm³/mol. The Hall–Kier alpha value is -1.51. The smallest absolute Gasteiger partial charge is 0.337 e. The maximum absolute atomic E-state index is 11.1.